The molecule has 1 unspecified atom stereocenters. The lowest BCUT2D eigenvalue weighted by molar-refractivity contribution is -0.138. The highest BCUT2D eigenvalue weighted by atomic mass is 16.2. The molecule has 152 valence electrons. The standard InChI is InChI=1S/C24H29N3O2/c1-2-3-13-22(28)27(19-14-15-19)23(24(29)25-18-10-5-4-6-11-18)21-16-17-9-7-8-12-20(17)26-21/h7-9,12,16,18-19,23,26H,2,4-6,10-11,14-15H2,1H3,(H,25,29). The molecule has 4 rings (SSSR count). The highest BCUT2D eigenvalue weighted by Gasteiger charge is 2.42. The molecule has 5 heteroatoms. The monoisotopic (exact) mass is 391 g/mol. The predicted molar refractivity (Wildman–Crippen MR) is 114 cm³/mol. The van der Waals surface area contributed by atoms with E-state index in [1.807, 2.05) is 37.3 Å². The Morgan fingerprint density at radius 1 is 1.17 bits per heavy atom. The number of fused-ring (bicyclic) bond motifs is 1. The van der Waals surface area contributed by atoms with Crippen LogP contribution in [0.25, 0.3) is 10.9 Å². The van der Waals surface area contributed by atoms with E-state index in [0.29, 0.717) is 6.42 Å². The van der Waals surface area contributed by atoms with Crippen molar-refractivity contribution in [1.82, 2.24) is 15.2 Å². The van der Waals surface area contributed by atoms with Crippen molar-refractivity contribution >= 4 is 22.7 Å². The second kappa shape index (κ2) is 8.73. The van der Waals surface area contributed by atoms with Crippen LogP contribution in [0.2, 0.25) is 0 Å². The number of amides is 2. The smallest absolute Gasteiger partial charge is 0.299 e. The van der Waals surface area contributed by atoms with Gasteiger partial charge in [-0.25, -0.2) is 0 Å². The van der Waals surface area contributed by atoms with Crippen molar-refractivity contribution in [2.45, 2.75) is 76.4 Å². The van der Waals surface area contributed by atoms with Crippen LogP contribution in [0.4, 0.5) is 0 Å². The summed E-state index contributed by atoms with van der Waals surface area (Å²) in [4.78, 5) is 31.5. The van der Waals surface area contributed by atoms with E-state index in [1.54, 1.807) is 4.90 Å². The summed E-state index contributed by atoms with van der Waals surface area (Å²) in [6.07, 6.45) is 8.02. The molecule has 2 aliphatic rings. The molecule has 1 aromatic heterocycles. The van der Waals surface area contributed by atoms with Crippen LogP contribution in [0.5, 0.6) is 0 Å². The van der Waals surface area contributed by atoms with Crippen molar-refractivity contribution < 1.29 is 9.59 Å². The van der Waals surface area contributed by atoms with E-state index < -0.39 is 6.04 Å². The molecule has 0 bridgehead atoms. The van der Waals surface area contributed by atoms with Gasteiger partial charge in [0.25, 0.3) is 5.91 Å². The minimum Gasteiger partial charge on any atom is -0.356 e. The summed E-state index contributed by atoms with van der Waals surface area (Å²) < 4.78 is 0. The molecule has 1 aromatic carbocycles. The molecule has 0 radical (unpaired) electrons. The van der Waals surface area contributed by atoms with Gasteiger partial charge in [0.2, 0.25) is 5.91 Å². The van der Waals surface area contributed by atoms with Gasteiger partial charge in [0.05, 0.1) is 0 Å². The number of aromatic amines is 1. The Labute approximate surface area is 172 Å². The van der Waals surface area contributed by atoms with Crippen molar-refractivity contribution in [3.8, 4) is 11.8 Å². The van der Waals surface area contributed by atoms with E-state index in [2.05, 4.69) is 22.1 Å². The number of aromatic nitrogens is 1. The second-order valence-electron chi connectivity index (χ2n) is 8.16. The van der Waals surface area contributed by atoms with Crippen LogP contribution in [0, 0.1) is 11.8 Å². The van der Waals surface area contributed by atoms with E-state index in [4.69, 9.17) is 0 Å². The third-order valence-corrected chi connectivity index (χ3v) is 5.87. The topological polar surface area (TPSA) is 65.2 Å². The van der Waals surface area contributed by atoms with Gasteiger partial charge in [-0.05, 0) is 49.1 Å². The number of carbonyl (C=O) groups is 2. The highest BCUT2D eigenvalue weighted by Crippen LogP contribution is 2.36. The summed E-state index contributed by atoms with van der Waals surface area (Å²) in [6.45, 7) is 1.92. The van der Waals surface area contributed by atoms with Gasteiger partial charge in [-0.2, -0.15) is 0 Å². The lowest BCUT2D eigenvalue weighted by Gasteiger charge is -2.31. The summed E-state index contributed by atoms with van der Waals surface area (Å²) in [6, 6.07) is 9.57. The number of rotatable bonds is 5. The summed E-state index contributed by atoms with van der Waals surface area (Å²) in [5.41, 5.74) is 1.74. The highest BCUT2D eigenvalue weighted by molar-refractivity contribution is 5.98. The predicted octanol–water partition coefficient (Wildman–Crippen LogP) is 4.06. The largest absolute Gasteiger partial charge is 0.356 e. The number of H-pyrrole nitrogens is 1. The zero-order chi connectivity index (χ0) is 20.2. The third kappa shape index (κ3) is 4.48. The molecule has 2 aliphatic carbocycles. The van der Waals surface area contributed by atoms with Gasteiger partial charge < -0.3 is 15.2 Å². The van der Waals surface area contributed by atoms with Crippen LogP contribution >= 0.6 is 0 Å². The SMILES string of the molecule is CCC#CC(=O)N(C1CC1)C(C(=O)NC1CCCCC1)c1cc2ccccc2[nH]1. The number of nitrogens with one attached hydrogen (secondary N) is 2. The van der Waals surface area contributed by atoms with Crippen LogP contribution in [-0.4, -0.2) is 33.8 Å². The molecule has 29 heavy (non-hydrogen) atoms. The Bertz CT molecular complexity index is 909. The van der Waals surface area contributed by atoms with Gasteiger partial charge in [-0.3, -0.25) is 9.59 Å². The maximum absolute atomic E-state index is 13.5. The van der Waals surface area contributed by atoms with E-state index >= 15 is 0 Å². The Morgan fingerprint density at radius 3 is 2.62 bits per heavy atom. The van der Waals surface area contributed by atoms with Crippen molar-refractivity contribution in [3.05, 3.63) is 36.0 Å². The van der Waals surface area contributed by atoms with Crippen LogP contribution < -0.4 is 5.32 Å². The molecular formula is C24H29N3O2. The lowest BCUT2D eigenvalue weighted by Crippen LogP contribution is -2.47. The van der Waals surface area contributed by atoms with Gasteiger partial charge >= 0.3 is 0 Å². The first-order valence-electron chi connectivity index (χ1n) is 10.9. The van der Waals surface area contributed by atoms with Crippen LogP contribution in [0.15, 0.2) is 30.3 Å². The van der Waals surface area contributed by atoms with Gasteiger partial charge in [-0.1, -0.05) is 50.3 Å². The van der Waals surface area contributed by atoms with Crippen molar-refractivity contribution in [3.63, 3.8) is 0 Å². The number of para-hydroxylation sites is 1. The molecule has 0 spiro atoms. The van der Waals surface area contributed by atoms with Crippen molar-refractivity contribution in [2.75, 3.05) is 0 Å². The van der Waals surface area contributed by atoms with E-state index in [1.165, 1.54) is 6.42 Å². The Morgan fingerprint density at radius 2 is 1.93 bits per heavy atom. The Kier molecular flexibility index (Phi) is 5.89. The molecule has 2 aromatic rings. The summed E-state index contributed by atoms with van der Waals surface area (Å²) in [5.74, 6) is 5.27. The van der Waals surface area contributed by atoms with Gasteiger partial charge in [-0.15, -0.1) is 0 Å². The first-order chi connectivity index (χ1) is 14.2. The quantitative estimate of drug-likeness (QED) is 0.755. The fraction of sp³-hybridized carbons (Fsp3) is 0.500. The maximum Gasteiger partial charge on any atom is 0.299 e. The van der Waals surface area contributed by atoms with Gasteiger partial charge in [0, 0.05) is 29.7 Å². The summed E-state index contributed by atoms with van der Waals surface area (Å²) >= 11 is 0. The van der Waals surface area contributed by atoms with Crippen LogP contribution in [0.3, 0.4) is 0 Å². The third-order valence-electron chi connectivity index (χ3n) is 5.87. The Balaban J connectivity index is 1.68. The van der Waals surface area contributed by atoms with E-state index in [-0.39, 0.29) is 23.9 Å². The number of hydrogen-bond acceptors (Lipinski definition) is 2. The average molecular weight is 392 g/mol. The Hall–Kier alpha value is -2.74. The fourth-order valence-corrected chi connectivity index (χ4v) is 4.26. The van der Waals surface area contributed by atoms with Crippen molar-refractivity contribution in [1.29, 1.82) is 0 Å². The number of carbonyl (C=O) groups excluding carboxylic acids is 2. The molecule has 2 N–H and O–H groups in total. The number of benzene rings is 1. The first-order valence-corrected chi connectivity index (χ1v) is 10.9. The van der Waals surface area contributed by atoms with Crippen LogP contribution in [-0.2, 0) is 9.59 Å². The number of hydrogen-bond donors (Lipinski definition) is 2. The second-order valence-corrected chi connectivity index (χ2v) is 8.16. The molecule has 0 aliphatic heterocycles. The van der Waals surface area contributed by atoms with E-state index in [9.17, 15) is 9.59 Å². The normalized spacial score (nSPS) is 18.0. The van der Waals surface area contributed by atoms with E-state index in [0.717, 1.165) is 55.1 Å². The molecular weight excluding hydrogens is 362 g/mol. The summed E-state index contributed by atoms with van der Waals surface area (Å²) in [7, 11) is 0. The molecule has 2 amide bonds. The minimum absolute atomic E-state index is 0.0853. The van der Waals surface area contributed by atoms with Crippen molar-refractivity contribution in [2.24, 2.45) is 0 Å². The maximum atomic E-state index is 13.5. The fourth-order valence-electron chi connectivity index (χ4n) is 4.26. The molecule has 1 atom stereocenters. The first kappa shape index (κ1) is 19.6. The zero-order valence-electron chi connectivity index (χ0n) is 17.0. The minimum atomic E-state index is -0.671. The molecule has 2 fully saturated rings. The molecule has 0 saturated heterocycles. The molecule has 5 nitrogen and oxygen atoms in total. The molecule has 2 saturated carbocycles. The van der Waals surface area contributed by atoms with Gasteiger partial charge in [0.1, 0.15) is 0 Å². The average Bonchev–Trinajstić information content (AvgIpc) is 3.48. The molecule has 1 heterocycles. The van der Waals surface area contributed by atoms with Crippen LogP contribution in [0.1, 0.15) is 70.0 Å². The number of nitrogens with zero attached hydrogens (tertiary/aromatic N) is 1. The lowest BCUT2D eigenvalue weighted by atomic mass is 9.95. The zero-order valence-corrected chi connectivity index (χ0v) is 17.0. The summed E-state index contributed by atoms with van der Waals surface area (Å²) in [5, 5.41) is 4.28. The van der Waals surface area contributed by atoms with Gasteiger partial charge in [0.15, 0.2) is 6.04 Å².